The number of nitrogens with zero attached hydrogens (tertiary/aromatic N) is 1. The number of rotatable bonds is 2. The number of methoxy groups -OCH3 is 1. The maximum absolute atomic E-state index is 12.1. The van der Waals surface area contributed by atoms with E-state index in [1.54, 1.807) is 12.1 Å². The number of hydrogen-bond acceptors (Lipinski definition) is 6. The normalized spacial score (nSPS) is 13.2. The molecule has 0 radical (unpaired) electrons. The largest absolute Gasteiger partial charge is 0.473 e. The number of benzene rings is 2. The predicted molar refractivity (Wildman–Crippen MR) is 96.7 cm³/mol. The predicted octanol–water partition coefficient (Wildman–Crippen LogP) is 3.24. The molecule has 0 N–H and O–H groups in total. The minimum absolute atomic E-state index is 0.280. The van der Waals surface area contributed by atoms with Crippen molar-refractivity contribution in [3.63, 3.8) is 0 Å². The molecule has 0 saturated heterocycles. The highest BCUT2D eigenvalue weighted by atomic mass is 16.5. The Morgan fingerprint density at radius 3 is 2.81 bits per heavy atom. The summed E-state index contributed by atoms with van der Waals surface area (Å²) in [6.45, 7) is 2.61. The minimum Gasteiger partial charge on any atom is -0.473 e. The number of fused-ring (bicyclic) bond motifs is 3. The van der Waals surface area contributed by atoms with Gasteiger partial charge in [-0.25, -0.2) is 9.59 Å². The Morgan fingerprint density at radius 2 is 2.00 bits per heavy atom. The van der Waals surface area contributed by atoms with E-state index < -0.39 is 11.6 Å². The summed E-state index contributed by atoms with van der Waals surface area (Å²) < 4.78 is 16.2. The van der Waals surface area contributed by atoms with E-state index in [1.807, 2.05) is 36.1 Å². The first kappa shape index (κ1) is 16.2. The molecule has 2 heterocycles. The van der Waals surface area contributed by atoms with Crippen LogP contribution in [-0.2, 0) is 11.3 Å². The van der Waals surface area contributed by atoms with E-state index in [4.69, 9.17) is 13.9 Å². The fourth-order valence-corrected chi connectivity index (χ4v) is 3.28. The molecule has 2 aromatic carbocycles. The second-order valence-corrected chi connectivity index (χ2v) is 6.15. The molecule has 6 heteroatoms. The number of carbonyl (C=O) groups excluding carboxylic acids is 1. The van der Waals surface area contributed by atoms with E-state index in [0.717, 1.165) is 16.5 Å². The van der Waals surface area contributed by atoms with Crippen LogP contribution >= 0.6 is 0 Å². The third-order valence-electron chi connectivity index (χ3n) is 4.55. The maximum atomic E-state index is 12.1. The summed E-state index contributed by atoms with van der Waals surface area (Å²) in [5.74, 6) is 0.268. The molecular weight excluding hydrogens is 334 g/mol. The summed E-state index contributed by atoms with van der Waals surface area (Å²) in [5.41, 5.74) is 2.93. The van der Waals surface area contributed by atoms with Crippen LogP contribution in [0.25, 0.3) is 11.0 Å². The summed E-state index contributed by atoms with van der Waals surface area (Å²) in [4.78, 5) is 25.8. The molecule has 0 atom stereocenters. The number of carbonyl (C=O) groups is 1. The van der Waals surface area contributed by atoms with Gasteiger partial charge in [0.05, 0.1) is 30.5 Å². The van der Waals surface area contributed by atoms with Gasteiger partial charge in [-0.05, 0) is 36.8 Å². The third kappa shape index (κ3) is 2.60. The molecule has 0 unspecified atom stereocenters. The number of ether oxygens (including phenoxy) is 2. The smallest absolute Gasteiger partial charge is 0.339 e. The lowest BCUT2D eigenvalue weighted by atomic mass is 10.0. The molecular formula is C20H17NO5. The summed E-state index contributed by atoms with van der Waals surface area (Å²) in [6, 6.07) is 12.4. The monoisotopic (exact) mass is 351 g/mol. The molecule has 0 saturated carbocycles. The molecule has 6 nitrogen and oxygen atoms in total. The fraction of sp³-hybridized carbons (Fsp3) is 0.200. The Kier molecular flexibility index (Phi) is 3.88. The zero-order valence-corrected chi connectivity index (χ0v) is 14.4. The van der Waals surface area contributed by atoms with Crippen LogP contribution in [0.2, 0.25) is 0 Å². The van der Waals surface area contributed by atoms with Gasteiger partial charge >= 0.3 is 11.6 Å². The number of para-hydroxylation sites is 1. The van der Waals surface area contributed by atoms with Crippen LogP contribution in [0.3, 0.4) is 0 Å². The Balaban J connectivity index is 1.83. The molecule has 1 aliphatic rings. The first-order chi connectivity index (χ1) is 12.6. The highest BCUT2D eigenvalue weighted by Crippen LogP contribution is 2.35. The van der Waals surface area contributed by atoms with Crippen molar-refractivity contribution >= 4 is 22.6 Å². The van der Waals surface area contributed by atoms with Crippen LogP contribution in [0.5, 0.6) is 5.75 Å². The Bertz CT molecular complexity index is 1070. The zero-order valence-electron chi connectivity index (χ0n) is 14.4. The van der Waals surface area contributed by atoms with E-state index in [1.165, 1.54) is 13.2 Å². The van der Waals surface area contributed by atoms with E-state index in [-0.39, 0.29) is 6.73 Å². The van der Waals surface area contributed by atoms with Gasteiger partial charge in [0.25, 0.3) is 0 Å². The fourth-order valence-electron chi connectivity index (χ4n) is 3.28. The second kappa shape index (κ2) is 6.22. The second-order valence-electron chi connectivity index (χ2n) is 6.15. The van der Waals surface area contributed by atoms with Gasteiger partial charge in [-0.1, -0.05) is 12.1 Å². The molecule has 3 aromatic rings. The lowest BCUT2D eigenvalue weighted by Gasteiger charge is -2.32. The average molecular weight is 351 g/mol. The minimum atomic E-state index is -0.410. The Labute approximate surface area is 149 Å². The van der Waals surface area contributed by atoms with Crippen LogP contribution < -0.4 is 15.3 Å². The first-order valence-electron chi connectivity index (χ1n) is 8.20. The van der Waals surface area contributed by atoms with Crippen molar-refractivity contribution in [2.75, 3.05) is 18.7 Å². The summed E-state index contributed by atoms with van der Waals surface area (Å²) in [7, 11) is 1.35. The van der Waals surface area contributed by atoms with Crippen LogP contribution in [0.15, 0.2) is 51.7 Å². The molecule has 0 bridgehead atoms. The molecule has 4 rings (SSSR count). The highest BCUT2D eigenvalue weighted by Gasteiger charge is 2.25. The summed E-state index contributed by atoms with van der Waals surface area (Å²) >= 11 is 0. The van der Waals surface area contributed by atoms with Gasteiger partial charge < -0.3 is 18.8 Å². The van der Waals surface area contributed by atoms with Crippen molar-refractivity contribution in [3.8, 4) is 5.75 Å². The molecule has 1 aromatic heterocycles. The molecule has 132 valence electrons. The van der Waals surface area contributed by atoms with Crippen LogP contribution in [0.4, 0.5) is 5.69 Å². The standard InChI is InChI=1S/C20H17NO5/c1-12-9-18(22)26-19-13(12)7-8-17-15(19)10-21(11-25-17)16-6-4-3-5-14(16)20(23)24-2/h3-9H,10-11H2,1-2H3. The van der Waals surface area contributed by atoms with Gasteiger partial charge in [-0.15, -0.1) is 0 Å². The van der Waals surface area contributed by atoms with Gasteiger partial charge in [0.1, 0.15) is 11.3 Å². The summed E-state index contributed by atoms with van der Waals surface area (Å²) in [5, 5.41) is 0.870. The van der Waals surface area contributed by atoms with Crippen LogP contribution in [0.1, 0.15) is 21.5 Å². The maximum Gasteiger partial charge on any atom is 0.339 e. The highest BCUT2D eigenvalue weighted by molar-refractivity contribution is 5.96. The SMILES string of the molecule is COC(=O)c1ccccc1N1COc2ccc3c(C)cc(=O)oc3c2C1. The molecule has 0 spiro atoms. The van der Waals surface area contributed by atoms with E-state index in [9.17, 15) is 9.59 Å². The number of anilines is 1. The van der Waals surface area contributed by atoms with Crippen molar-refractivity contribution < 1.29 is 18.7 Å². The van der Waals surface area contributed by atoms with Crippen molar-refractivity contribution in [1.82, 2.24) is 0 Å². The van der Waals surface area contributed by atoms with Gasteiger partial charge in [-0.2, -0.15) is 0 Å². The van der Waals surface area contributed by atoms with Gasteiger partial charge in [0, 0.05) is 11.5 Å². The summed E-state index contributed by atoms with van der Waals surface area (Å²) in [6.07, 6.45) is 0. The first-order valence-corrected chi connectivity index (χ1v) is 8.20. The molecule has 1 aliphatic heterocycles. The zero-order chi connectivity index (χ0) is 18.3. The number of aryl methyl sites for hydroxylation is 1. The van der Waals surface area contributed by atoms with Crippen LogP contribution in [0, 0.1) is 6.92 Å². The van der Waals surface area contributed by atoms with Crippen molar-refractivity contribution in [3.05, 3.63) is 69.6 Å². The number of esters is 1. The van der Waals surface area contributed by atoms with Gasteiger partial charge in [0.15, 0.2) is 6.73 Å². The van der Waals surface area contributed by atoms with Gasteiger partial charge in [-0.3, -0.25) is 0 Å². The molecule has 0 fully saturated rings. The van der Waals surface area contributed by atoms with E-state index in [0.29, 0.717) is 29.1 Å². The van der Waals surface area contributed by atoms with E-state index >= 15 is 0 Å². The van der Waals surface area contributed by atoms with Crippen molar-refractivity contribution in [1.29, 1.82) is 0 Å². The van der Waals surface area contributed by atoms with Crippen LogP contribution in [-0.4, -0.2) is 19.8 Å². The molecule has 0 amide bonds. The van der Waals surface area contributed by atoms with Crippen molar-refractivity contribution in [2.24, 2.45) is 0 Å². The Morgan fingerprint density at radius 1 is 1.19 bits per heavy atom. The van der Waals surface area contributed by atoms with Crippen molar-refractivity contribution in [2.45, 2.75) is 13.5 Å². The lowest BCUT2D eigenvalue weighted by molar-refractivity contribution is 0.0601. The quantitative estimate of drug-likeness (QED) is 0.521. The van der Waals surface area contributed by atoms with Gasteiger partial charge in [0.2, 0.25) is 0 Å². The van der Waals surface area contributed by atoms with E-state index in [2.05, 4.69) is 0 Å². The average Bonchev–Trinajstić information content (AvgIpc) is 2.66. The number of hydrogen-bond donors (Lipinski definition) is 0. The topological polar surface area (TPSA) is 69.0 Å². The molecule has 0 aliphatic carbocycles. The lowest BCUT2D eigenvalue weighted by Crippen LogP contribution is -2.33. The molecule has 26 heavy (non-hydrogen) atoms. The third-order valence-corrected chi connectivity index (χ3v) is 4.55. The Hall–Kier alpha value is -3.28.